The molecular formula is C13H14F2N4O2. The van der Waals surface area contributed by atoms with Crippen LogP contribution in [0.25, 0.3) is 0 Å². The van der Waals surface area contributed by atoms with Crippen LogP contribution in [0.5, 0.6) is 5.75 Å². The summed E-state index contributed by atoms with van der Waals surface area (Å²) in [5.41, 5.74) is -0.456. The number of nitrogens with one attached hydrogen (secondary N) is 1. The number of ether oxygens (including phenoxy) is 1. The second-order valence-electron chi connectivity index (χ2n) is 4.43. The van der Waals surface area contributed by atoms with E-state index in [0.29, 0.717) is 6.54 Å². The van der Waals surface area contributed by atoms with Gasteiger partial charge in [0.1, 0.15) is 24.0 Å². The highest BCUT2D eigenvalue weighted by Gasteiger charge is 2.22. The van der Waals surface area contributed by atoms with Crippen LogP contribution in [-0.2, 0) is 6.54 Å². The van der Waals surface area contributed by atoms with Crippen molar-refractivity contribution in [2.75, 3.05) is 7.11 Å². The van der Waals surface area contributed by atoms with Crippen LogP contribution in [0, 0.1) is 11.6 Å². The van der Waals surface area contributed by atoms with Crippen molar-refractivity contribution < 1.29 is 18.3 Å². The van der Waals surface area contributed by atoms with Crippen LogP contribution in [0.2, 0.25) is 0 Å². The molecule has 1 aromatic carbocycles. The molecule has 2 rings (SSSR count). The minimum atomic E-state index is -1.24. The van der Waals surface area contributed by atoms with Gasteiger partial charge in [0.25, 0.3) is 5.91 Å². The first kappa shape index (κ1) is 14.9. The second-order valence-corrected chi connectivity index (χ2v) is 4.43. The van der Waals surface area contributed by atoms with Crippen molar-refractivity contribution in [3.05, 3.63) is 42.0 Å². The number of amides is 1. The van der Waals surface area contributed by atoms with Gasteiger partial charge >= 0.3 is 0 Å². The topological polar surface area (TPSA) is 69.0 Å². The van der Waals surface area contributed by atoms with E-state index < -0.39 is 23.1 Å². The Morgan fingerprint density at radius 2 is 2.24 bits per heavy atom. The summed E-state index contributed by atoms with van der Waals surface area (Å²) in [7, 11) is 1.28. The van der Waals surface area contributed by atoms with Gasteiger partial charge in [-0.15, -0.1) is 0 Å². The van der Waals surface area contributed by atoms with E-state index in [4.69, 9.17) is 4.74 Å². The third-order valence-electron chi connectivity index (χ3n) is 2.81. The number of carbonyl (C=O) groups excluding carboxylic acids is 1. The Labute approximate surface area is 119 Å². The van der Waals surface area contributed by atoms with E-state index in [1.165, 1.54) is 30.5 Å². The Hall–Kier alpha value is -2.51. The average Bonchev–Trinajstić information content (AvgIpc) is 2.94. The third-order valence-corrected chi connectivity index (χ3v) is 2.81. The highest BCUT2D eigenvalue weighted by molar-refractivity contribution is 5.97. The van der Waals surface area contributed by atoms with E-state index in [-0.39, 0.29) is 11.8 Å². The lowest BCUT2D eigenvalue weighted by molar-refractivity contribution is 0.0927. The Morgan fingerprint density at radius 3 is 2.86 bits per heavy atom. The number of hydrogen-bond donors (Lipinski definition) is 1. The van der Waals surface area contributed by atoms with Crippen LogP contribution < -0.4 is 10.1 Å². The lowest BCUT2D eigenvalue weighted by Crippen LogP contribution is -2.36. The number of methoxy groups -OCH3 is 1. The Morgan fingerprint density at radius 1 is 1.48 bits per heavy atom. The fraction of sp³-hybridized carbons (Fsp3) is 0.308. The van der Waals surface area contributed by atoms with Gasteiger partial charge in [-0.1, -0.05) is 0 Å². The molecule has 1 heterocycles. The van der Waals surface area contributed by atoms with Gasteiger partial charge in [-0.05, 0) is 19.1 Å². The van der Waals surface area contributed by atoms with Gasteiger partial charge in [0.2, 0.25) is 0 Å². The number of benzene rings is 1. The summed E-state index contributed by atoms with van der Waals surface area (Å²) >= 11 is 0. The summed E-state index contributed by atoms with van der Waals surface area (Å²) < 4.78 is 33.5. The Kier molecular flexibility index (Phi) is 4.46. The zero-order valence-electron chi connectivity index (χ0n) is 11.5. The molecule has 1 amide bonds. The van der Waals surface area contributed by atoms with E-state index in [2.05, 4.69) is 15.4 Å². The van der Waals surface area contributed by atoms with Crippen LogP contribution in [0.1, 0.15) is 17.3 Å². The highest BCUT2D eigenvalue weighted by Crippen LogP contribution is 2.23. The van der Waals surface area contributed by atoms with Crippen molar-refractivity contribution in [2.45, 2.75) is 19.5 Å². The molecule has 0 saturated carbocycles. The van der Waals surface area contributed by atoms with Crippen LogP contribution in [0.4, 0.5) is 8.78 Å². The number of rotatable bonds is 5. The maximum absolute atomic E-state index is 13.8. The van der Waals surface area contributed by atoms with Gasteiger partial charge in [-0.2, -0.15) is 5.10 Å². The Balaban J connectivity index is 2.14. The van der Waals surface area contributed by atoms with Crippen LogP contribution in [-0.4, -0.2) is 33.8 Å². The first-order chi connectivity index (χ1) is 10.0. The lowest BCUT2D eigenvalue weighted by atomic mass is 10.1. The first-order valence-corrected chi connectivity index (χ1v) is 6.18. The molecule has 0 saturated heterocycles. The molecule has 0 aliphatic heterocycles. The summed E-state index contributed by atoms with van der Waals surface area (Å²) in [6, 6.07) is 1.76. The predicted molar refractivity (Wildman–Crippen MR) is 69.9 cm³/mol. The molecule has 0 bridgehead atoms. The molecule has 8 heteroatoms. The summed E-state index contributed by atoms with van der Waals surface area (Å²) in [5, 5.41) is 6.46. The van der Waals surface area contributed by atoms with Crippen molar-refractivity contribution in [1.82, 2.24) is 20.1 Å². The molecule has 21 heavy (non-hydrogen) atoms. The van der Waals surface area contributed by atoms with Gasteiger partial charge in [0, 0.05) is 6.04 Å². The summed E-state index contributed by atoms with van der Waals surface area (Å²) in [5.74, 6) is -3.12. The molecule has 6 nitrogen and oxygen atoms in total. The molecule has 0 aliphatic rings. The maximum atomic E-state index is 13.8. The van der Waals surface area contributed by atoms with E-state index in [1.54, 1.807) is 6.92 Å². The van der Waals surface area contributed by atoms with Crippen molar-refractivity contribution in [3.63, 3.8) is 0 Å². The molecular weight excluding hydrogens is 282 g/mol. The largest absolute Gasteiger partial charge is 0.496 e. The highest BCUT2D eigenvalue weighted by atomic mass is 19.2. The molecule has 1 aromatic heterocycles. The van der Waals surface area contributed by atoms with E-state index >= 15 is 0 Å². The normalized spacial score (nSPS) is 12.0. The molecule has 0 radical (unpaired) electrons. The number of nitrogens with zero attached hydrogens (tertiary/aromatic N) is 3. The lowest BCUT2D eigenvalue weighted by Gasteiger charge is -2.15. The average molecular weight is 296 g/mol. The van der Waals surface area contributed by atoms with Gasteiger partial charge in [0.05, 0.1) is 13.7 Å². The summed E-state index contributed by atoms with van der Waals surface area (Å²) in [6.07, 6.45) is 2.86. The molecule has 1 atom stereocenters. The molecule has 0 fully saturated rings. The first-order valence-electron chi connectivity index (χ1n) is 6.18. The number of carbonyl (C=O) groups is 1. The fourth-order valence-corrected chi connectivity index (χ4v) is 1.86. The van der Waals surface area contributed by atoms with Gasteiger partial charge in [-0.25, -0.2) is 13.8 Å². The van der Waals surface area contributed by atoms with E-state index in [9.17, 15) is 13.6 Å². The number of hydrogen-bond acceptors (Lipinski definition) is 4. The van der Waals surface area contributed by atoms with Crippen molar-refractivity contribution >= 4 is 5.91 Å². The van der Waals surface area contributed by atoms with Crippen molar-refractivity contribution in [2.24, 2.45) is 0 Å². The number of halogens is 2. The quantitative estimate of drug-likeness (QED) is 0.905. The van der Waals surface area contributed by atoms with E-state index in [1.807, 2.05) is 0 Å². The van der Waals surface area contributed by atoms with Gasteiger partial charge in [-0.3, -0.25) is 9.48 Å². The predicted octanol–water partition coefficient (Wildman–Crippen LogP) is 1.38. The van der Waals surface area contributed by atoms with E-state index in [0.717, 1.165) is 6.07 Å². The van der Waals surface area contributed by atoms with Crippen LogP contribution in [0.3, 0.4) is 0 Å². The molecule has 0 aliphatic carbocycles. The smallest absolute Gasteiger partial charge is 0.258 e. The Bertz CT molecular complexity index is 631. The molecule has 1 unspecified atom stereocenters. The van der Waals surface area contributed by atoms with Crippen molar-refractivity contribution in [3.8, 4) is 5.75 Å². The summed E-state index contributed by atoms with van der Waals surface area (Å²) in [6.45, 7) is 2.06. The standard InChI is InChI=1S/C13H14F2N4O2/c1-8(5-19-7-16-6-17-19)18-13(20)11-10(21-2)4-3-9(14)12(11)15/h3-4,6-8H,5H2,1-2H3,(H,18,20). The van der Waals surface area contributed by atoms with Crippen LogP contribution >= 0.6 is 0 Å². The summed E-state index contributed by atoms with van der Waals surface area (Å²) in [4.78, 5) is 15.9. The fourth-order valence-electron chi connectivity index (χ4n) is 1.86. The zero-order chi connectivity index (χ0) is 15.4. The second kappa shape index (κ2) is 6.29. The van der Waals surface area contributed by atoms with Gasteiger partial charge in [0.15, 0.2) is 11.6 Å². The maximum Gasteiger partial charge on any atom is 0.258 e. The van der Waals surface area contributed by atoms with Crippen LogP contribution in [0.15, 0.2) is 24.8 Å². The third kappa shape index (κ3) is 3.33. The minimum Gasteiger partial charge on any atom is -0.496 e. The van der Waals surface area contributed by atoms with Gasteiger partial charge < -0.3 is 10.1 Å². The number of aromatic nitrogens is 3. The zero-order valence-corrected chi connectivity index (χ0v) is 11.5. The molecule has 2 aromatic rings. The monoisotopic (exact) mass is 296 g/mol. The molecule has 1 N–H and O–H groups in total. The molecule has 112 valence electrons. The minimum absolute atomic E-state index is 0.0284. The SMILES string of the molecule is COc1ccc(F)c(F)c1C(=O)NC(C)Cn1cncn1. The van der Waals surface area contributed by atoms with Crippen molar-refractivity contribution in [1.29, 1.82) is 0 Å². The molecule has 0 spiro atoms.